The Bertz CT molecular complexity index is 1370. The molecule has 36 heavy (non-hydrogen) atoms. The first kappa shape index (κ1) is 24.7. The smallest absolute Gasteiger partial charge is 0.249 e. The number of amides is 2. The van der Waals surface area contributed by atoms with Crippen molar-refractivity contribution in [2.24, 2.45) is 0 Å². The van der Waals surface area contributed by atoms with Crippen LogP contribution < -0.4 is 10.2 Å². The molecule has 0 bridgehead atoms. The van der Waals surface area contributed by atoms with E-state index in [9.17, 15) is 14.4 Å². The van der Waals surface area contributed by atoms with E-state index in [-0.39, 0.29) is 30.7 Å². The van der Waals surface area contributed by atoms with Gasteiger partial charge in [0, 0.05) is 24.9 Å². The van der Waals surface area contributed by atoms with E-state index in [1.807, 2.05) is 42.5 Å². The van der Waals surface area contributed by atoms with Crippen LogP contribution in [0.5, 0.6) is 0 Å². The van der Waals surface area contributed by atoms with Crippen molar-refractivity contribution in [3.8, 4) is 0 Å². The molecule has 1 N–H and O–H groups in total. The van der Waals surface area contributed by atoms with Gasteiger partial charge in [-0.05, 0) is 36.8 Å². The van der Waals surface area contributed by atoms with Crippen molar-refractivity contribution in [3.05, 3.63) is 90.0 Å². The number of benzene rings is 3. The fourth-order valence-electron chi connectivity index (χ4n) is 3.98. The van der Waals surface area contributed by atoms with Crippen LogP contribution >= 0.6 is 0 Å². The summed E-state index contributed by atoms with van der Waals surface area (Å²) in [5.74, 6) is -0.905. The zero-order valence-electron chi connectivity index (χ0n) is 20.1. The molecule has 2 amide bonds. The van der Waals surface area contributed by atoms with Gasteiger partial charge in [0.2, 0.25) is 11.8 Å². The normalized spacial score (nSPS) is 11.7. The number of nitrogens with one attached hydrogen (secondary N) is 1. The Kier molecular flexibility index (Phi) is 7.82. The Morgan fingerprint density at radius 2 is 1.75 bits per heavy atom. The lowest BCUT2D eigenvalue weighted by Gasteiger charge is -2.32. The molecule has 0 fully saturated rings. The minimum atomic E-state index is -0.993. The van der Waals surface area contributed by atoms with E-state index < -0.39 is 6.04 Å². The predicted octanol–water partition coefficient (Wildman–Crippen LogP) is 3.17. The van der Waals surface area contributed by atoms with Crippen LogP contribution in [0.25, 0.3) is 11.0 Å². The van der Waals surface area contributed by atoms with Gasteiger partial charge in [0.25, 0.3) is 0 Å². The molecular weight excluding hydrogens is 458 g/mol. The second kappa shape index (κ2) is 11.4. The minimum Gasteiger partial charge on any atom is -0.383 e. The maximum absolute atomic E-state index is 13.9. The molecule has 0 spiro atoms. The maximum atomic E-state index is 13.9. The number of hydrogen-bond acceptors (Lipinski definition) is 6. The predicted molar refractivity (Wildman–Crippen MR) is 136 cm³/mol. The van der Waals surface area contributed by atoms with E-state index >= 15 is 0 Å². The fraction of sp³-hybridized carbons (Fsp3) is 0.222. The van der Waals surface area contributed by atoms with Crippen LogP contribution in [0.3, 0.4) is 0 Å². The lowest BCUT2D eigenvalue weighted by Crippen LogP contribution is -2.46. The number of anilines is 1. The first-order valence-electron chi connectivity index (χ1n) is 11.5. The molecule has 0 aliphatic carbocycles. The molecule has 9 heteroatoms. The van der Waals surface area contributed by atoms with Crippen LogP contribution in [0.2, 0.25) is 0 Å². The molecule has 3 aromatic carbocycles. The van der Waals surface area contributed by atoms with E-state index in [1.165, 1.54) is 16.5 Å². The molecule has 184 valence electrons. The summed E-state index contributed by atoms with van der Waals surface area (Å²) < 4.78 is 6.58. The number of hydrogen-bond donors (Lipinski definition) is 1. The van der Waals surface area contributed by atoms with Crippen LogP contribution in [0.4, 0.5) is 5.69 Å². The summed E-state index contributed by atoms with van der Waals surface area (Å²) in [6.07, 6.45) is 0. The van der Waals surface area contributed by atoms with Crippen molar-refractivity contribution in [3.63, 3.8) is 0 Å². The highest BCUT2D eigenvalue weighted by atomic mass is 16.5. The zero-order valence-corrected chi connectivity index (χ0v) is 20.1. The number of carbonyl (C=O) groups is 3. The molecule has 1 unspecified atom stereocenters. The van der Waals surface area contributed by atoms with E-state index in [0.717, 1.165) is 0 Å². The van der Waals surface area contributed by atoms with Crippen molar-refractivity contribution >= 4 is 34.3 Å². The number of fused-ring (bicyclic) bond motifs is 1. The Labute approximate surface area is 208 Å². The largest absolute Gasteiger partial charge is 0.383 e. The number of ether oxygens (including phenoxy) is 1. The van der Waals surface area contributed by atoms with Gasteiger partial charge in [0.1, 0.15) is 18.1 Å². The van der Waals surface area contributed by atoms with Crippen molar-refractivity contribution in [2.75, 3.05) is 25.2 Å². The van der Waals surface area contributed by atoms with Crippen LogP contribution in [0.1, 0.15) is 28.9 Å². The third-order valence-corrected chi connectivity index (χ3v) is 5.73. The molecule has 4 aromatic rings. The number of rotatable bonds is 10. The molecule has 1 heterocycles. The summed E-state index contributed by atoms with van der Waals surface area (Å²) in [6.45, 7) is 1.91. The molecule has 0 saturated carbocycles. The number of para-hydroxylation sites is 1. The first-order chi connectivity index (χ1) is 17.5. The van der Waals surface area contributed by atoms with E-state index in [2.05, 4.69) is 15.6 Å². The zero-order chi connectivity index (χ0) is 25.5. The fourth-order valence-corrected chi connectivity index (χ4v) is 3.98. The van der Waals surface area contributed by atoms with Gasteiger partial charge >= 0.3 is 0 Å². The Morgan fingerprint density at radius 3 is 2.50 bits per heavy atom. The number of Topliss-reactive ketones (excluding diaryl/α,β-unsaturated/α-hetero) is 1. The topological polar surface area (TPSA) is 106 Å². The number of ketones is 1. The van der Waals surface area contributed by atoms with Crippen molar-refractivity contribution in [1.29, 1.82) is 0 Å². The first-order valence-corrected chi connectivity index (χ1v) is 11.5. The second-order valence-electron chi connectivity index (χ2n) is 8.20. The molecule has 1 aromatic heterocycles. The quantitative estimate of drug-likeness (QED) is 0.273. The van der Waals surface area contributed by atoms with Gasteiger partial charge in [-0.2, -0.15) is 0 Å². The van der Waals surface area contributed by atoms with Gasteiger partial charge in [-0.1, -0.05) is 59.8 Å². The SMILES string of the molecule is COCCNC(=O)C(c1ccccc1)N(C(=O)Cn1nnc2ccccc21)c1cccc(C(C)=O)c1. The molecule has 0 aliphatic heterocycles. The summed E-state index contributed by atoms with van der Waals surface area (Å²) in [5, 5.41) is 11.1. The third kappa shape index (κ3) is 5.47. The Balaban J connectivity index is 1.80. The van der Waals surface area contributed by atoms with Gasteiger partial charge in [0.05, 0.1) is 12.1 Å². The lowest BCUT2D eigenvalue weighted by atomic mass is 10.0. The Morgan fingerprint density at radius 1 is 1.00 bits per heavy atom. The second-order valence-corrected chi connectivity index (χ2v) is 8.20. The van der Waals surface area contributed by atoms with Crippen molar-refractivity contribution in [2.45, 2.75) is 19.5 Å². The summed E-state index contributed by atoms with van der Waals surface area (Å²) >= 11 is 0. The standard InChI is InChI=1S/C27H27N5O4/c1-19(33)21-11-8-12-22(17-21)32(25(34)18-31-24-14-7-6-13-23(24)29-30-31)26(20-9-4-3-5-10-20)27(35)28-15-16-36-2/h3-14,17,26H,15-16,18H2,1-2H3,(H,28,35). The molecule has 0 aliphatic rings. The average molecular weight is 486 g/mol. The van der Waals surface area contributed by atoms with Crippen LogP contribution in [0.15, 0.2) is 78.9 Å². The van der Waals surface area contributed by atoms with Crippen LogP contribution in [-0.4, -0.2) is 52.9 Å². The summed E-state index contributed by atoms with van der Waals surface area (Å²) in [4.78, 5) is 41.0. The van der Waals surface area contributed by atoms with Crippen LogP contribution in [0, 0.1) is 0 Å². The Hall–Kier alpha value is -4.37. The maximum Gasteiger partial charge on any atom is 0.249 e. The number of carbonyl (C=O) groups excluding carboxylic acids is 3. The van der Waals surface area contributed by atoms with E-state index in [1.54, 1.807) is 43.5 Å². The van der Waals surface area contributed by atoms with Gasteiger partial charge in [-0.3, -0.25) is 19.3 Å². The molecular formula is C27H27N5O4. The molecule has 0 radical (unpaired) electrons. The lowest BCUT2D eigenvalue weighted by molar-refractivity contribution is -0.127. The highest BCUT2D eigenvalue weighted by Gasteiger charge is 2.33. The van der Waals surface area contributed by atoms with Gasteiger partial charge in [-0.15, -0.1) is 5.10 Å². The van der Waals surface area contributed by atoms with Gasteiger partial charge in [-0.25, -0.2) is 4.68 Å². The van der Waals surface area contributed by atoms with E-state index in [0.29, 0.717) is 34.5 Å². The highest BCUT2D eigenvalue weighted by Crippen LogP contribution is 2.29. The third-order valence-electron chi connectivity index (χ3n) is 5.73. The molecule has 0 saturated heterocycles. The summed E-state index contributed by atoms with van der Waals surface area (Å²) in [7, 11) is 1.55. The number of methoxy groups -OCH3 is 1. The van der Waals surface area contributed by atoms with Crippen molar-refractivity contribution < 1.29 is 19.1 Å². The number of aromatic nitrogens is 3. The summed E-state index contributed by atoms with van der Waals surface area (Å²) in [6, 6.07) is 22.1. The monoisotopic (exact) mass is 485 g/mol. The minimum absolute atomic E-state index is 0.146. The van der Waals surface area contributed by atoms with Gasteiger partial charge < -0.3 is 10.1 Å². The van der Waals surface area contributed by atoms with Crippen molar-refractivity contribution in [1.82, 2.24) is 20.3 Å². The van der Waals surface area contributed by atoms with E-state index in [4.69, 9.17) is 4.74 Å². The molecule has 1 atom stereocenters. The van der Waals surface area contributed by atoms with Crippen LogP contribution in [-0.2, 0) is 20.9 Å². The summed E-state index contributed by atoms with van der Waals surface area (Å²) in [5.41, 5.74) is 2.84. The van der Waals surface area contributed by atoms with Gasteiger partial charge in [0.15, 0.2) is 5.78 Å². The number of nitrogens with zero attached hydrogens (tertiary/aromatic N) is 4. The molecule has 4 rings (SSSR count). The molecule has 9 nitrogen and oxygen atoms in total. The highest BCUT2D eigenvalue weighted by molar-refractivity contribution is 6.03. The average Bonchev–Trinajstić information content (AvgIpc) is 3.30.